The summed E-state index contributed by atoms with van der Waals surface area (Å²) >= 11 is 1.25. The molecule has 3 N–H and O–H groups in total. The number of amides is 3. The minimum atomic E-state index is -0.768. The van der Waals surface area contributed by atoms with Crippen molar-refractivity contribution in [1.29, 1.82) is 0 Å². The standard InChI is InChI=1S/C41H34FN5O4S/c1-27-36(41(51)47(46(27)2)33-18-10-5-11-19-33)45-40(50)37(29-13-6-3-7-14-29)52-34-20-12-17-32(26-34)43-39(49)35(25-28-21-23-31(42)24-22-28)44-38(48)30-15-8-4-9-16-30/h3-26,37H,1-2H3,(H,43,49)(H,44,48)(H,45,50)/b35-25+. The molecule has 0 aliphatic carbocycles. The summed E-state index contributed by atoms with van der Waals surface area (Å²) in [6.07, 6.45) is 1.46. The normalized spacial score (nSPS) is 11.8. The molecule has 260 valence electrons. The number of carbonyl (C=O) groups excluding carboxylic acids is 3. The summed E-state index contributed by atoms with van der Waals surface area (Å²) in [5.41, 5.74) is 3.00. The first-order valence-electron chi connectivity index (χ1n) is 16.3. The zero-order valence-electron chi connectivity index (χ0n) is 28.2. The molecule has 6 aromatic rings. The number of hydrogen-bond acceptors (Lipinski definition) is 5. The van der Waals surface area contributed by atoms with E-state index in [0.29, 0.717) is 38.7 Å². The maximum Gasteiger partial charge on any atom is 0.295 e. The van der Waals surface area contributed by atoms with Gasteiger partial charge in [0.05, 0.1) is 11.4 Å². The van der Waals surface area contributed by atoms with Gasteiger partial charge in [-0.25, -0.2) is 9.07 Å². The van der Waals surface area contributed by atoms with E-state index in [-0.39, 0.29) is 16.9 Å². The Morgan fingerprint density at radius 1 is 0.769 bits per heavy atom. The molecule has 9 nitrogen and oxygen atoms in total. The van der Waals surface area contributed by atoms with Crippen molar-refractivity contribution in [3.63, 3.8) is 0 Å². The fourth-order valence-corrected chi connectivity index (χ4v) is 6.54. The summed E-state index contributed by atoms with van der Waals surface area (Å²) in [5.74, 6) is -1.93. The van der Waals surface area contributed by atoms with Gasteiger partial charge in [-0.05, 0) is 78.7 Å². The molecular weight excluding hydrogens is 678 g/mol. The Labute approximate surface area is 303 Å². The van der Waals surface area contributed by atoms with E-state index in [0.717, 1.165) is 0 Å². The van der Waals surface area contributed by atoms with Gasteiger partial charge in [0.2, 0.25) is 5.91 Å². The molecule has 0 saturated heterocycles. The third-order valence-electron chi connectivity index (χ3n) is 8.20. The minimum absolute atomic E-state index is 0.0561. The number of nitrogens with one attached hydrogen (secondary N) is 3. The second-order valence-corrected chi connectivity index (χ2v) is 12.9. The first kappa shape index (κ1) is 35.4. The monoisotopic (exact) mass is 711 g/mol. The van der Waals surface area contributed by atoms with Gasteiger partial charge in [0.15, 0.2) is 0 Å². The third kappa shape index (κ3) is 8.28. The summed E-state index contributed by atoms with van der Waals surface area (Å²) in [4.78, 5) is 54.9. The molecule has 1 aromatic heterocycles. The number of thioether (sulfide) groups is 1. The summed E-state index contributed by atoms with van der Waals surface area (Å²) in [6, 6.07) is 39.3. The number of para-hydroxylation sites is 1. The van der Waals surface area contributed by atoms with Crippen LogP contribution < -0.4 is 21.5 Å². The second-order valence-electron chi connectivity index (χ2n) is 11.7. The van der Waals surface area contributed by atoms with Gasteiger partial charge in [-0.2, -0.15) is 0 Å². The topological polar surface area (TPSA) is 114 Å². The molecule has 11 heteroatoms. The Bertz CT molecular complexity index is 2310. The molecule has 0 aliphatic heterocycles. The summed E-state index contributed by atoms with van der Waals surface area (Å²) in [5, 5.41) is 7.64. The fraction of sp³-hybridized carbons (Fsp3) is 0.0732. The van der Waals surface area contributed by atoms with Crippen LogP contribution in [0.2, 0.25) is 0 Å². The highest BCUT2D eigenvalue weighted by atomic mass is 32.2. The molecule has 0 bridgehead atoms. The lowest BCUT2D eigenvalue weighted by atomic mass is 10.1. The molecule has 6 rings (SSSR count). The van der Waals surface area contributed by atoms with E-state index < -0.39 is 28.8 Å². The quantitative estimate of drug-likeness (QED) is 0.0952. The number of benzene rings is 5. The number of aromatic nitrogens is 2. The van der Waals surface area contributed by atoms with Gasteiger partial charge in [-0.3, -0.25) is 23.9 Å². The van der Waals surface area contributed by atoms with E-state index in [1.54, 1.807) is 67.2 Å². The Kier molecular flexibility index (Phi) is 10.9. The van der Waals surface area contributed by atoms with Crippen LogP contribution in [-0.2, 0) is 16.6 Å². The highest BCUT2D eigenvalue weighted by molar-refractivity contribution is 8.00. The van der Waals surface area contributed by atoms with Gasteiger partial charge in [-0.15, -0.1) is 11.8 Å². The molecule has 5 aromatic carbocycles. The Balaban J connectivity index is 1.25. The van der Waals surface area contributed by atoms with Crippen LogP contribution in [-0.4, -0.2) is 27.1 Å². The number of carbonyl (C=O) groups is 3. The van der Waals surface area contributed by atoms with Crippen molar-refractivity contribution >= 4 is 46.9 Å². The molecule has 1 atom stereocenters. The highest BCUT2D eigenvalue weighted by Crippen LogP contribution is 2.37. The van der Waals surface area contributed by atoms with Crippen LogP contribution in [0.3, 0.4) is 0 Å². The van der Waals surface area contributed by atoms with E-state index >= 15 is 0 Å². The maximum absolute atomic E-state index is 14.0. The van der Waals surface area contributed by atoms with E-state index in [9.17, 15) is 23.6 Å². The Morgan fingerprint density at radius 2 is 1.40 bits per heavy atom. The first-order valence-corrected chi connectivity index (χ1v) is 17.2. The average Bonchev–Trinajstić information content (AvgIpc) is 3.37. The van der Waals surface area contributed by atoms with Crippen molar-refractivity contribution in [1.82, 2.24) is 14.7 Å². The van der Waals surface area contributed by atoms with Crippen LogP contribution in [0.25, 0.3) is 11.8 Å². The third-order valence-corrected chi connectivity index (χ3v) is 9.45. The molecule has 0 saturated carbocycles. The van der Waals surface area contributed by atoms with Crippen LogP contribution in [0.4, 0.5) is 15.8 Å². The van der Waals surface area contributed by atoms with Gasteiger partial charge in [0, 0.05) is 23.2 Å². The van der Waals surface area contributed by atoms with Crippen LogP contribution in [0.1, 0.15) is 32.4 Å². The van der Waals surface area contributed by atoms with E-state index in [1.165, 1.54) is 46.8 Å². The second kappa shape index (κ2) is 16.0. The first-order chi connectivity index (χ1) is 25.2. The van der Waals surface area contributed by atoms with Crippen LogP contribution in [0, 0.1) is 12.7 Å². The number of anilines is 2. The molecule has 0 aliphatic rings. The fourth-order valence-electron chi connectivity index (χ4n) is 5.45. The smallest absolute Gasteiger partial charge is 0.295 e. The number of hydrogen-bond donors (Lipinski definition) is 3. The van der Waals surface area contributed by atoms with Crippen LogP contribution in [0.5, 0.6) is 0 Å². The Morgan fingerprint density at radius 3 is 2.08 bits per heavy atom. The van der Waals surface area contributed by atoms with E-state index in [1.807, 2.05) is 66.7 Å². The lowest BCUT2D eigenvalue weighted by Gasteiger charge is -2.17. The lowest BCUT2D eigenvalue weighted by molar-refractivity contribution is -0.116. The summed E-state index contributed by atoms with van der Waals surface area (Å²) < 4.78 is 16.8. The van der Waals surface area contributed by atoms with E-state index in [4.69, 9.17) is 0 Å². The van der Waals surface area contributed by atoms with Gasteiger partial charge in [0.25, 0.3) is 17.4 Å². The molecule has 0 spiro atoms. The largest absolute Gasteiger partial charge is 0.321 e. The van der Waals surface area contributed by atoms with Gasteiger partial charge in [-0.1, -0.05) is 84.9 Å². The molecule has 52 heavy (non-hydrogen) atoms. The van der Waals surface area contributed by atoms with Gasteiger partial charge in [0.1, 0.15) is 22.5 Å². The molecule has 1 unspecified atom stereocenters. The lowest BCUT2D eigenvalue weighted by Crippen LogP contribution is -2.30. The van der Waals surface area contributed by atoms with Crippen LogP contribution >= 0.6 is 11.8 Å². The summed E-state index contributed by atoms with van der Waals surface area (Å²) in [6.45, 7) is 1.77. The zero-order chi connectivity index (χ0) is 36.6. The van der Waals surface area contributed by atoms with Crippen molar-refractivity contribution in [3.05, 3.63) is 184 Å². The summed E-state index contributed by atoms with van der Waals surface area (Å²) in [7, 11) is 1.76. The van der Waals surface area contributed by atoms with Gasteiger partial charge < -0.3 is 16.0 Å². The molecule has 0 radical (unpaired) electrons. The van der Waals surface area contributed by atoms with Crippen molar-refractivity contribution in [2.75, 3.05) is 10.6 Å². The highest BCUT2D eigenvalue weighted by Gasteiger charge is 2.26. The molecular formula is C41H34FN5O4S. The van der Waals surface area contributed by atoms with Crippen molar-refractivity contribution in [3.8, 4) is 5.69 Å². The number of rotatable bonds is 11. The van der Waals surface area contributed by atoms with Crippen molar-refractivity contribution in [2.45, 2.75) is 17.1 Å². The predicted octanol–water partition coefficient (Wildman–Crippen LogP) is 7.51. The van der Waals surface area contributed by atoms with Crippen molar-refractivity contribution in [2.24, 2.45) is 7.05 Å². The molecule has 1 heterocycles. The van der Waals surface area contributed by atoms with E-state index in [2.05, 4.69) is 16.0 Å². The predicted molar refractivity (Wildman–Crippen MR) is 203 cm³/mol. The average molecular weight is 712 g/mol. The van der Waals surface area contributed by atoms with Crippen LogP contribution in [0.15, 0.2) is 155 Å². The SMILES string of the molecule is Cc1c(NC(=O)C(Sc2cccc(NC(=O)/C(=C\c3ccc(F)cc3)NC(=O)c3ccccc3)c2)c2ccccc2)c(=O)n(-c2ccccc2)n1C. The van der Waals surface area contributed by atoms with Crippen molar-refractivity contribution < 1.29 is 18.8 Å². The Hall–Kier alpha value is -6.46. The number of halogens is 1. The minimum Gasteiger partial charge on any atom is -0.321 e. The maximum atomic E-state index is 14.0. The number of nitrogens with zero attached hydrogens (tertiary/aromatic N) is 2. The molecule has 0 fully saturated rings. The molecule has 3 amide bonds. The van der Waals surface area contributed by atoms with Gasteiger partial charge >= 0.3 is 0 Å². The zero-order valence-corrected chi connectivity index (χ0v) is 29.1.